The highest BCUT2D eigenvalue weighted by molar-refractivity contribution is 7.13. The minimum atomic E-state index is -4.48. The van der Waals surface area contributed by atoms with Gasteiger partial charge in [0.05, 0.1) is 4.88 Å². The molecule has 0 amide bonds. The van der Waals surface area contributed by atoms with Crippen molar-refractivity contribution in [2.45, 2.75) is 39.3 Å². The molecule has 1 heterocycles. The van der Waals surface area contributed by atoms with Crippen molar-refractivity contribution in [1.29, 1.82) is 0 Å². The zero-order valence-electron chi connectivity index (χ0n) is 11.5. The van der Waals surface area contributed by atoms with Crippen molar-refractivity contribution in [3.8, 4) is 0 Å². The number of rotatable bonds is 7. The van der Waals surface area contributed by atoms with E-state index in [1.807, 2.05) is 0 Å². The normalized spacial score (nSPS) is 13.8. The third-order valence-electron chi connectivity index (χ3n) is 3.25. The number of alkyl halides is 3. The molecule has 0 aliphatic carbocycles. The molecule has 0 aliphatic rings. The number of Topliss-reactive ketones (excluding diaryl/α,β-unsaturated/α-hetero) is 1. The lowest BCUT2D eigenvalue weighted by Crippen LogP contribution is -2.15. The van der Waals surface area contributed by atoms with Gasteiger partial charge in [0.15, 0.2) is 10.8 Å². The zero-order valence-corrected chi connectivity index (χ0v) is 12.4. The van der Waals surface area contributed by atoms with Crippen LogP contribution < -0.4 is 5.73 Å². The molecule has 0 radical (unpaired) electrons. The van der Waals surface area contributed by atoms with Gasteiger partial charge in [0.25, 0.3) is 0 Å². The van der Waals surface area contributed by atoms with E-state index >= 15 is 0 Å². The molecular weight excluding hydrogens is 289 g/mol. The van der Waals surface area contributed by atoms with E-state index in [-0.39, 0.29) is 17.1 Å². The first-order valence-electron chi connectivity index (χ1n) is 6.52. The fourth-order valence-electron chi connectivity index (χ4n) is 2.00. The number of hydrogen-bond acceptors (Lipinski definition) is 4. The van der Waals surface area contributed by atoms with E-state index in [9.17, 15) is 18.0 Å². The summed E-state index contributed by atoms with van der Waals surface area (Å²) < 4.78 is 37.2. The Morgan fingerprint density at radius 2 is 2.05 bits per heavy atom. The van der Waals surface area contributed by atoms with E-state index in [1.165, 1.54) is 0 Å². The lowest BCUT2D eigenvalue weighted by molar-refractivity contribution is -0.137. The Morgan fingerprint density at radius 1 is 1.40 bits per heavy atom. The molecule has 1 aromatic rings. The second-order valence-electron chi connectivity index (χ2n) is 5.07. The molecule has 0 aromatic carbocycles. The molecule has 20 heavy (non-hydrogen) atoms. The minimum Gasteiger partial charge on any atom is -0.330 e. The second-order valence-corrected chi connectivity index (χ2v) is 6.10. The highest BCUT2D eigenvalue weighted by Gasteiger charge is 2.35. The van der Waals surface area contributed by atoms with E-state index in [1.54, 1.807) is 0 Å². The summed E-state index contributed by atoms with van der Waals surface area (Å²) in [4.78, 5) is 15.2. The van der Waals surface area contributed by atoms with Crippen LogP contribution in [0.5, 0.6) is 0 Å². The number of thiazole rings is 1. The largest absolute Gasteiger partial charge is 0.443 e. The van der Waals surface area contributed by atoms with E-state index in [0.29, 0.717) is 36.1 Å². The smallest absolute Gasteiger partial charge is 0.330 e. The number of hydrogen-bond donors (Lipinski definition) is 1. The predicted octanol–water partition coefficient (Wildman–Crippen LogP) is 3.75. The first-order valence-corrected chi connectivity index (χ1v) is 7.33. The van der Waals surface area contributed by atoms with Gasteiger partial charge in [-0.2, -0.15) is 13.2 Å². The Kier molecular flexibility index (Phi) is 6.13. The molecule has 0 saturated carbocycles. The van der Waals surface area contributed by atoms with Gasteiger partial charge in [-0.1, -0.05) is 13.8 Å². The van der Waals surface area contributed by atoms with Gasteiger partial charge in [0.1, 0.15) is 0 Å². The molecule has 0 bridgehead atoms. The van der Waals surface area contributed by atoms with Crippen LogP contribution in [0.3, 0.4) is 0 Å². The maximum absolute atomic E-state index is 12.4. The molecule has 7 heteroatoms. The predicted molar refractivity (Wildman–Crippen MR) is 72.7 cm³/mol. The molecule has 3 nitrogen and oxygen atoms in total. The van der Waals surface area contributed by atoms with Crippen LogP contribution in [-0.4, -0.2) is 17.3 Å². The van der Waals surface area contributed by atoms with Crippen LogP contribution in [0.4, 0.5) is 13.2 Å². The number of halogens is 3. The maximum Gasteiger partial charge on any atom is 0.443 e. The SMILES string of the molecule is CC(C)C(CCN)CCC(=O)c1cnc(C(F)(F)F)s1. The first kappa shape index (κ1) is 17.1. The summed E-state index contributed by atoms with van der Waals surface area (Å²) in [5.41, 5.74) is 5.52. The average Bonchev–Trinajstić information content (AvgIpc) is 2.83. The Bertz CT molecular complexity index is 443. The average molecular weight is 308 g/mol. The Labute approximate surface area is 120 Å². The third kappa shape index (κ3) is 4.86. The molecule has 0 fully saturated rings. The van der Waals surface area contributed by atoms with Crippen molar-refractivity contribution < 1.29 is 18.0 Å². The van der Waals surface area contributed by atoms with E-state index in [4.69, 9.17) is 5.73 Å². The van der Waals surface area contributed by atoms with Crippen LogP contribution in [0.1, 0.15) is 47.8 Å². The van der Waals surface area contributed by atoms with Crippen molar-refractivity contribution >= 4 is 17.1 Å². The summed E-state index contributed by atoms with van der Waals surface area (Å²) in [6.45, 7) is 4.66. The van der Waals surface area contributed by atoms with Gasteiger partial charge >= 0.3 is 6.18 Å². The quantitative estimate of drug-likeness (QED) is 0.781. The lowest BCUT2D eigenvalue weighted by Gasteiger charge is -2.19. The molecule has 1 unspecified atom stereocenters. The minimum absolute atomic E-state index is 0.0765. The number of carbonyl (C=O) groups excluding carboxylic acids is 1. The van der Waals surface area contributed by atoms with Crippen LogP contribution in [0.2, 0.25) is 0 Å². The van der Waals surface area contributed by atoms with Crippen LogP contribution >= 0.6 is 11.3 Å². The van der Waals surface area contributed by atoms with Gasteiger partial charge in [0, 0.05) is 12.6 Å². The molecule has 0 saturated heterocycles. The van der Waals surface area contributed by atoms with Crippen LogP contribution in [0.15, 0.2) is 6.20 Å². The number of carbonyl (C=O) groups is 1. The van der Waals surface area contributed by atoms with Gasteiger partial charge in [-0.15, -0.1) is 11.3 Å². The van der Waals surface area contributed by atoms with Crippen LogP contribution in [0, 0.1) is 11.8 Å². The van der Waals surface area contributed by atoms with Crippen molar-refractivity contribution in [3.63, 3.8) is 0 Å². The van der Waals surface area contributed by atoms with Gasteiger partial charge in [-0.25, -0.2) is 4.98 Å². The van der Waals surface area contributed by atoms with E-state index < -0.39 is 11.2 Å². The Balaban J connectivity index is 2.60. The standard InChI is InChI=1S/C13H19F3N2OS/c1-8(2)9(5-6-17)3-4-10(19)11-7-18-12(20-11)13(14,15)16/h7-9H,3-6,17H2,1-2H3. The molecule has 1 aromatic heterocycles. The van der Waals surface area contributed by atoms with Crippen molar-refractivity contribution in [1.82, 2.24) is 4.98 Å². The van der Waals surface area contributed by atoms with Crippen molar-refractivity contribution in [2.24, 2.45) is 17.6 Å². The summed E-state index contributed by atoms with van der Waals surface area (Å²) in [7, 11) is 0. The number of aromatic nitrogens is 1. The molecule has 114 valence electrons. The van der Waals surface area contributed by atoms with Crippen LogP contribution in [0.25, 0.3) is 0 Å². The summed E-state index contributed by atoms with van der Waals surface area (Å²) in [5.74, 6) is 0.443. The van der Waals surface area contributed by atoms with Gasteiger partial charge in [-0.05, 0) is 31.2 Å². The highest BCUT2D eigenvalue weighted by atomic mass is 32.1. The highest BCUT2D eigenvalue weighted by Crippen LogP contribution is 2.33. The number of ketones is 1. The summed E-state index contributed by atoms with van der Waals surface area (Å²) >= 11 is 0.411. The monoisotopic (exact) mass is 308 g/mol. The van der Waals surface area contributed by atoms with Crippen LogP contribution in [-0.2, 0) is 6.18 Å². The molecule has 0 spiro atoms. The molecule has 0 aliphatic heterocycles. The van der Waals surface area contributed by atoms with Crippen molar-refractivity contribution in [3.05, 3.63) is 16.1 Å². The van der Waals surface area contributed by atoms with E-state index in [2.05, 4.69) is 18.8 Å². The van der Waals surface area contributed by atoms with E-state index in [0.717, 1.165) is 12.6 Å². The summed E-state index contributed by atoms with van der Waals surface area (Å²) in [5, 5.41) is -0.969. The summed E-state index contributed by atoms with van der Waals surface area (Å²) in [6, 6.07) is 0. The topological polar surface area (TPSA) is 56.0 Å². The maximum atomic E-state index is 12.4. The molecule has 1 atom stereocenters. The fraction of sp³-hybridized carbons (Fsp3) is 0.692. The molecule has 1 rings (SSSR count). The second kappa shape index (κ2) is 7.17. The van der Waals surface area contributed by atoms with Gasteiger partial charge < -0.3 is 5.73 Å². The van der Waals surface area contributed by atoms with Gasteiger partial charge in [-0.3, -0.25) is 4.79 Å². The fourth-order valence-corrected chi connectivity index (χ4v) is 2.75. The number of nitrogens with zero attached hydrogens (tertiary/aromatic N) is 1. The summed E-state index contributed by atoms with van der Waals surface area (Å²) in [6.07, 6.45) is -1.76. The number of nitrogens with two attached hydrogens (primary N) is 1. The zero-order chi connectivity index (χ0) is 15.3. The Hall–Kier alpha value is -0.950. The Morgan fingerprint density at radius 3 is 2.50 bits per heavy atom. The molecular formula is C13H19F3N2OS. The lowest BCUT2D eigenvalue weighted by atomic mass is 9.87. The molecule has 2 N–H and O–H groups in total. The third-order valence-corrected chi connectivity index (χ3v) is 4.33. The van der Waals surface area contributed by atoms with Gasteiger partial charge in [0.2, 0.25) is 0 Å². The first-order chi connectivity index (χ1) is 9.25. The van der Waals surface area contributed by atoms with Crippen molar-refractivity contribution in [2.75, 3.05) is 6.54 Å².